The van der Waals surface area contributed by atoms with Crippen LogP contribution >= 0.6 is 45.2 Å². The molecular formula is C9H16I2. The molecule has 1 unspecified atom stereocenters. The second-order valence-electron chi connectivity index (χ2n) is 4.71. The fraction of sp³-hybridized carbons (Fsp3) is 1.00. The van der Waals surface area contributed by atoms with Gasteiger partial charge in [-0.05, 0) is 30.6 Å². The molecule has 1 aliphatic carbocycles. The van der Waals surface area contributed by atoms with E-state index < -0.39 is 0 Å². The van der Waals surface area contributed by atoms with Crippen molar-refractivity contribution in [1.82, 2.24) is 0 Å². The normalized spacial score (nSPS) is 35.2. The number of alkyl halides is 2. The van der Waals surface area contributed by atoms with Crippen molar-refractivity contribution in [2.75, 3.05) is 0 Å². The van der Waals surface area contributed by atoms with Crippen molar-refractivity contribution in [2.45, 2.75) is 41.5 Å². The summed E-state index contributed by atoms with van der Waals surface area (Å²) in [5.41, 5.74) is 0.569. The highest BCUT2D eigenvalue weighted by molar-refractivity contribution is 14.2. The minimum atomic E-state index is 0.524. The van der Waals surface area contributed by atoms with Crippen molar-refractivity contribution < 1.29 is 0 Å². The molecule has 66 valence electrons. The maximum absolute atomic E-state index is 2.62. The van der Waals surface area contributed by atoms with E-state index in [4.69, 9.17) is 0 Å². The van der Waals surface area contributed by atoms with Gasteiger partial charge in [-0.2, -0.15) is 0 Å². The largest absolute Gasteiger partial charge is 0.0742 e. The van der Waals surface area contributed by atoms with Crippen molar-refractivity contribution in [3.63, 3.8) is 0 Å². The minimum Gasteiger partial charge on any atom is -0.0672 e. The molecule has 1 rings (SSSR count). The first-order valence-electron chi connectivity index (χ1n) is 4.19. The quantitative estimate of drug-likeness (QED) is 0.433. The highest BCUT2D eigenvalue weighted by Gasteiger charge is 2.38. The van der Waals surface area contributed by atoms with Crippen molar-refractivity contribution in [3.05, 3.63) is 0 Å². The minimum absolute atomic E-state index is 0.524. The predicted molar refractivity (Wildman–Crippen MR) is 67.6 cm³/mol. The summed E-state index contributed by atoms with van der Waals surface area (Å²) < 4.78 is 0.524. The van der Waals surface area contributed by atoms with E-state index in [0.717, 1.165) is 5.92 Å². The van der Waals surface area contributed by atoms with Gasteiger partial charge < -0.3 is 0 Å². The van der Waals surface area contributed by atoms with Crippen molar-refractivity contribution in [1.29, 1.82) is 0 Å². The molecule has 1 aliphatic rings. The maximum atomic E-state index is 2.62. The molecule has 0 aromatic rings. The van der Waals surface area contributed by atoms with Gasteiger partial charge >= 0.3 is 0 Å². The van der Waals surface area contributed by atoms with Crippen LogP contribution in [0.1, 0.15) is 40.0 Å². The van der Waals surface area contributed by atoms with Crippen LogP contribution in [0.15, 0.2) is 0 Å². The van der Waals surface area contributed by atoms with Gasteiger partial charge in [0.1, 0.15) is 0 Å². The summed E-state index contributed by atoms with van der Waals surface area (Å²) in [7, 11) is 0. The lowest BCUT2D eigenvalue weighted by atomic mass is 9.73. The first kappa shape index (κ1) is 10.5. The highest BCUT2D eigenvalue weighted by Crippen LogP contribution is 2.51. The third kappa shape index (κ3) is 3.36. The summed E-state index contributed by atoms with van der Waals surface area (Å²) in [6.45, 7) is 7.18. The Morgan fingerprint density at radius 2 is 1.73 bits per heavy atom. The third-order valence-electron chi connectivity index (χ3n) is 2.29. The number of halogens is 2. The van der Waals surface area contributed by atoms with Crippen LogP contribution in [-0.2, 0) is 0 Å². The van der Waals surface area contributed by atoms with Gasteiger partial charge in [0, 0.05) is 0 Å². The van der Waals surface area contributed by atoms with Crippen LogP contribution in [-0.4, -0.2) is 1.43 Å². The van der Waals surface area contributed by atoms with E-state index >= 15 is 0 Å². The van der Waals surface area contributed by atoms with Gasteiger partial charge in [0.25, 0.3) is 0 Å². The molecular weight excluding hydrogens is 362 g/mol. The first-order valence-corrected chi connectivity index (χ1v) is 6.34. The second-order valence-corrected chi connectivity index (χ2v) is 10.9. The highest BCUT2D eigenvalue weighted by atomic mass is 127. The van der Waals surface area contributed by atoms with Crippen LogP contribution in [0.25, 0.3) is 0 Å². The van der Waals surface area contributed by atoms with Crippen LogP contribution in [0, 0.1) is 11.3 Å². The van der Waals surface area contributed by atoms with Crippen LogP contribution in [0.4, 0.5) is 0 Å². The molecule has 0 spiro atoms. The molecule has 0 saturated heterocycles. The van der Waals surface area contributed by atoms with Gasteiger partial charge in [-0.25, -0.2) is 0 Å². The molecule has 0 amide bonds. The Morgan fingerprint density at radius 1 is 1.18 bits per heavy atom. The van der Waals surface area contributed by atoms with E-state index in [-0.39, 0.29) is 0 Å². The Morgan fingerprint density at radius 3 is 2.09 bits per heavy atom. The molecule has 1 fully saturated rings. The van der Waals surface area contributed by atoms with Gasteiger partial charge in [0.2, 0.25) is 0 Å². The van der Waals surface area contributed by atoms with Crippen LogP contribution < -0.4 is 0 Å². The molecule has 2 heteroatoms. The molecule has 0 aromatic heterocycles. The Hall–Kier alpha value is 1.46. The SMILES string of the molecule is CC1CC(C)(C)CC(I)(I)C1. The Kier molecular flexibility index (Phi) is 3.17. The molecule has 0 bridgehead atoms. The summed E-state index contributed by atoms with van der Waals surface area (Å²) in [5.74, 6) is 0.910. The number of hydrogen-bond donors (Lipinski definition) is 0. The Balaban J connectivity index is 2.66. The summed E-state index contributed by atoms with van der Waals surface area (Å²) in [5, 5.41) is 0. The van der Waals surface area contributed by atoms with Gasteiger partial charge in [-0.15, -0.1) is 0 Å². The van der Waals surface area contributed by atoms with Gasteiger partial charge in [0.15, 0.2) is 0 Å². The van der Waals surface area contributed by atoms with Gasteiger partial charge in [-0.3, -0.25) is 0 Å². The number of hydrogen-bond acceptors (Lipinski definition) is 0. The van der Waals surface area contributed by atoms with E-state index in [9.17, 15) is 0 Å². The monoisotopic (exact) mass is 378 g/mol. The lowest BCUT2D eigenvalue weighted by Gasteiger charge is -2.41. The Labute approximate surface area is 97.2 Å². The summed E-state index contributed by atoms with van der Waals surface area (Å²) in [4.78, 5) is 0. The topological polar surface area (TPSA) is 0 Å². The van der Waals surface area contributed by atoms with Gasteiger partial charge in [-0.1, -0.05) is 66.0 Å². The first-order chi connectivity index (χ1) is 4.81. The zero-order valence-electron chi connectivity index (χ0n) is 7.45. The molecule has 0 aliphatic heterocycles. The number of rotatable bonds is 0. The second kappa shape index (κ2) is 3.31. The average Bonchev–Trinajstić information content (AvgIpc) is 1.49. The zero-order valence-corrected chi connectivity index (χ0v) is 11.8. The molecule has 1 saturated carbocycles. The van der Waals surface area contributed by atoms with Gasteiger partial charge in [0.05, 0.1) is 1.43 Å². The van der Waals surface area contributed by atoms with Crippen molar-refractivity contribution in [2.24, 2.45) is 11.3 Å². The zero-order chi connectivity index (χ0) is 8.70. The smallest absolute Gasteiger partial charge is 0.0672 e. The summed E-state index contributed by atoms with van der Waals surface area (Å²) >= 11 is 5.24. The van der Waals surface area contributed by atoms with Crippen molar-refractivity contribution >= 4 is 45.2 Å². The third-order valence-corrected chi connectivity index (χ3v) is 3.93. The van der Waals surface area contributed by atoms with E-state index in [1.165, 1.54) is 19.3 Å². The molecule has 0 nitrogen and oxygen atoms in total. The standard InChI is InChI=1S/C9H16I2/c1-7-4-8(2,3)6-9(10,11)5-7/h7H,4-6H2,1-3H3. The summed E-state index contributed by atoms with van der Waals surface area (Å²) in [6.07, 6.45) is 4.16. The molecule has 11 heavy (non-hydrogen) atoms. The average molecular weight is 378 g/mol. The molecule has 1 atom stereocenters. The van der Waals surface area contributed by atoms with E-state index in [1.54, 1.807) is 0 Å². The molecule has 0 radical (unpaired) electrons. The summed E-state index contributed by atoms with van der Waals surface area (Å²) in [6, 6.07) is 0. The van der Waals surface area contributed by atoms with E-state index in [1.807, 2.05) is 0 Å². The fourth-order valence-electron chi connectivity index (χ4n) is 2.37. The predicted octanol–water partition coefficient (Wildman–Crippen LogP) is 4.40. The molecule has 0 N–H and O–H groups in total. The van der Waals surface area contributed by atoms with Crippen LogP contribution in [0.2, 0.25) is 0 Å². The molecule has 0 heterocycles. The van der Waals surface area contributed by atoms with Crippen LogP contribution in [0.5, 0.6) is 0 Å². The maximum Gasteiger partial charge on any atom is 0.0742 e. The van der Waals surface area contributed by atoms with E-state index in [2.05, 4.69) is 66.0 Å². The lowest BCUT2D eigenvalue weighted by Crippen LogP contribution is -2.33. The molecule has 0 aromatic carbocycles. The fourth-order valence-corrected chi connectivity index (χ4v) is 5.94. The van der Waals surface area contributed by atoms with Crippen LogP contribution in [0.3, 0.4) is 0 Å². The Bertz CT molecular complexity index is 134. The lowest BCUT2D eigenvalue weighted by molar-refractivity contribution is 0.197. The van der Waals surface area contributed by atoms with Crippen molar-refractivity contribution in [3.8, 4) is 0 Å². The van der Waals surface area contributed by atoms with E-state index in [0.29, 0.717) is 6.84 Å².